The largest absolute Gasteiger partial charge is 0.444 e. The van der Waals surface area contributed by atoms with Gasteiger partial charge in [0.1, 0.15) is 11.6 Å². The van der Waals surface area contributed by atoms with Crippen LogP contribution in [0.1, 0.15) is 65.7 Å². The van der Waals surface area contributed by atoms with Gasteiger partial charge in [-0.05, 0) is 102 Å². The molecule has 2 saturated carbocycles. The standard InChI is InChI=1S/C27H40F3N3O5S2/c1-26(2,3)38-25(35)31-23(24(34)33(4)21-6-5-7-21)19-10-8-18(9-11-19)16-39-22-14-12-20(13-15-22)32-40(36,37)17-27(28,29)30/h12-15,18-19,21,23,32H,5-11,16-17H2,1-4H3,(H,31,35)/t18-,19-,23-/m0/s1. The Balaban J connectivity index is 1.52. The zero-order valence-electron chi connectivity index (χ0n) is 23.4. The zero-order chi connectivity index (χ0) is 29.7. The van der Waals surface area contributed by atoms with E-state index < -0.39 is 39.7 Å². The second-order valence-electron chi connectivity index (χ2n) is 11.8. The van der Waals surface area contributed by atoms with E-state index in [0.717, 1.165) is 55.6 Å². The summed E-state index contributed by atoms with van der Waals surface area (Å²) in [5.41, 5.74) is -0.591. The van der Waals surface area contributed by atoms with Crippen LogP contribution in [-0.2, 0) is 19.6 Å². The first-order chi connectivity index (χ1) is 18.5. The highest BCUT2D eigenvalue weighted by atomic mass is 32.2. The molecule has 2 N–H and O–H groups in total. The molecule has 3 rings (SSSR count). The molecule has 8 nitrogen and oxygen atoms in total. The van der Waals surface area contributed by atoms with Crippen molar-refractivity contribution in [3.63, 3.8) is 0 Å². The highest BCUT2D eigenvalue weighted by Gasteiger charge is 2.38. The van der Waals surface area contributed by atoms with Crippen LogP contribution in [0.3, 0.4) is 0 Å². The minimum atomic E-state index is -4.81. The number of sulfonamides is 1. The van der Waals surface area contributed by atoms with E-state index in [1.54, 1.807) is 49.6 Å². The van der Waals surface area contributed by atoms with Crippen LogP contribution in [0.25, 0.3) is 0 Å². The molecule has 2 aliphatic rings. The van der Waals surface area contributed by atoms with Crippen LogP contribution >= 0.6 is 11.8 Å². The lowest BCUT2D eigenvalue weighted by molar-refractivity contribution is -0.137. The molecule has 0 aromatic heterocycles. The van der Waals surface area contributed by atoms with Crippen molar-refractivity contribution < 1.29 is 35.9 Å². The number of amides is 2. The van der Waals surface area contributed by atoms with Gasteiger partial charge < -0.3 is 15.0 Å². The van der Waals surface area contributed by atoms with Gasteiger partial charge in [0.15, 0.2) is 5.75 Å². The van der Waals surface area contributed by atoms with Crippen molar-refractivity contribution in [1.29, 1.82) is 0 Å². The molecule has 0 unspecified atom stereocenters. The number of thioether (sulfide) groups is 1. The molecule has 40 heavy (non-hydrogen) atoms. The number of carbonyl (C=O) groups excluding carboxylic acids is 2. The summed E-state index contributed by atoms with van der Waals surface area (Å²) in [5.74, 6) is -0.790. The molecule has 2 aliphatic carbocycles. The summed E-state index contributed by atoms with van der Waals surface area (Å²) in [6.07, 6.45) is 1.01. The molecule has 226 valence electrons. The zero-order valence-corrected chi connectivity index (χ0v) is 25.1. The normalized spacial score (nSPS) is 21.2. The third kappa shape index (κ3) is 10.4. The summed E-state index contributed by atoms with van der Waals surface area (Å²) in [4.78, 5) is 28.6. The van der Waals surface area contributed by atoms with Gasteiger partial charge in [0.25, 0.3) is 0 Å². The number of hydrogen-bond acceptors (Lipinski definition) is 6. The second kappa shape index (κ2) is 13.2. The molecule has 0 heterocycles. The molecule has 0 radical (unpaired) electrons. The molecule has 1 aromatic rings. The van der Waals surface area contributed by atoms with Gasteiger partial charge in [-0.2, -0.15) is 13.2 Å². The van der Waals surface area contributed by atoms with Crippen LogP contribution in [0.5, 0.6) is 0 Å². The van der Waals surface area contributed by atoms with Crippen molar-refractivity contribution in [1.82, 2.24) is 10.2 Å². The van der Waals surface area contributed by atoms with E-state index in [2.05, 4.69) is 5.32 Å². The molecular weight excluding hydrogens is 567 g/mol. The molecular formula is C27H40F3N3O5S2. The summed E-state index contributed by atoms with van der Waals surface area (Å²) in [5, 5.41) is 2.86. The highest BCUT2D eigenvalue weighted by molar-refractivity contribution is 7.99. The van der Waals surface area contributed by atoms with Gasteiger partial charge in [0.05, 0.1) is 0 Å². The Hall–Kier alpha value is -2.15. The number of benzene rings is 1. The highest BCUT2D eigenvalue weighted by Crippen LogP contribution is 2.36. The van der Waals surface area contributed by atoms with Gasteiger partial charge >= 0.3 is 12.3 Å². The third-order valence-corrected chi connectivity index (χ3v) is 9.74. The maximum atomic E-state index is 13.4. The Bertz CT molecular complexity index is 1110. The average molecular weight is 608 g/mol. The Kier molecular flexibility index (Phi) is 10.7. The number of hydrogen-bond donors (Lipinski definition) is 2. The van der Waals surface area contributed by atoms with Crippen LogP contribution < -0.4 is 10.0 Å². The quantitative estimate of drug-likeness (QED) is 0.326. The summed E-state index contributed by atoms with van der Waals surface area (Å²) in [6.45, 7) is 5.35. The Labute approximate surface area is 239 Å². The molecule has 13 heteroatoms. The summed E-state index contributed by atoms with van der Waals surface area (Å²) in [7, 11) is -2.71. The number of nitrogens with one attached hydrogen (secondary N) is 2. The number of rotatable bonds is 10. The van der Waals surface area contributed by atoms with E-state index in [9.17, 15) is 31.2 Å². The van der Waals surface area contributed by atoms with Gasteiger partial charge in [-0.1, -0.05) is 0 Å². The summed E-state index contributed by atoms with van der Waals surface area (Å²) < 4.78 is 68.0. The lowest BCUT2D eigenvalue weighted by Gasteiger charge is -2.40. The fraction of sp³-hybridized carbons (Fsp3) is 0.704. The first-order valence-electron chi connectivity index (χ1n) is 13.6. The van der Waals surface area contributed by atoms with Gasteiger partial charge in [0, 0.05) is 29.4 Å². The first kappa shape index (κ1) is 32.4. The number of ether oxygens (including phenoxy) is 1. The number of alkyl halides is 3. The van der Waals surface area contributed by atoms with E-state index in [0.29, 0.717) is 5.92 Å². The minimum absolute atomic E-state index is 0.00722. The van der Waals surface area contributed by atoms with Crippen LogP contribution in [-0.4, -0.2) is 67.7 Å². The minimum Gasteiger partial charge on any atom is -0.444 e. The fourth-order valence-corrected chi connectivity index (χ4v) is 7.03. The first-order valence-corrected chi connectivity index (χ1v) is 16.2. The predicted molar refractivity (Wildman–Crippen MR) is 150 cm³/mol. The van der Waals surface area contributed by atoms with Gasteiger partial charge in [-0.25, -0.2) is 13.2 Å². The topological polar surface area (TPSA) is 105 Å². The van der Waals surface area contributed by atoms with Crippen molar-refractivity contribution in [2.45, 2.75) is 94.5 Å². The molecule has 2 amide bonds. The molecule has 0 aliphatic heterocycles. The number of likely N-dealkylation sites (N-methyl/N-ethyl adjacent to an activating group) is 1. The van der Waals surface area contributed by atoms with Crippen molar-refractivity contribution in [3.8, 4) is 0 Å². The van der Waals surface area contributed by atoms with Crippen LogP contribution in [0.15, 0.2) is 29.2 Å². The van der Waals surface area contributed by atoms with Gasteiger partial charge in [-0.3, -0.25) is 9.52 Å². The molecule has 1 atom stereocenters. The maximum Gasteiger partial charge on any atom is 0.408 e. The predicted octanol–water partition coefficient (Wildman–Crippen LogP) is 5.79. The van der Waals surface area contributed by atoms with Crippen molar-refractivity contribution in [3.05, 3.63) is 24.3 Å². The SMILES string of the molecule is CN(C(=O)[C@@H](NC(=O)OC(C)(C)C)[C@H]1CC[C@H](CSc2ccc(NS(=O)(=O)CC(F)(F)F)cc2)CC1)C1CCC1. The Morgan fingerprint density at radius 2 is 1.65 bits per heavy atom. The maximum absolute atomic E-state index is 13.4. The third-order valence-electron chi connectivity index (χ3n) is 7.24. The lowest BCUT2D eigenvalue weighted by Crippen LogP contribution is -2.55. The smallest absolute Gasteiger partial charge is 0.408 e. The number of halogens is 3. The van der Waals surface area contributed by atoms with E-state index in [1.807, 2.05) is 11.8 Å². The Morgan fingerprint density at radius 3 is 2.15 bits per heavy atom. The number of anilines is 1. The Morgan fingerprint density at radius 1 is 1.05 bits per heavy atom. The fourth-order valence-electron chi connectivity index (χ4n) is 4.94. The number of alkyl carbamates (subject to hydrolysis) is 1. The molecule has 0 spiro atoms. The van der Waals surface area contributed by atoms with Gasteiger partial charge in [0.2, 0.25) is 15.9 Å². The number of nitrogens with zero attached hydrogens (tertiary/aromatic N) is 1. The monoisotopic (exact) mass is 607 g/mol. The molecule has 1 aromatic carbocycles. The molecule has 2 fully saturated rings. The van der Waals surface area contributed by atoms with E-state index in [4.69, 9.17) is 4.74 Å². The molecule has 0 saturated heterocycles. The lowest BCUT2D eigenvalue weighted by atomic mass is 9.78. The van der Waals surface area contributed by atoms with Crippen molar-refractivity contribution >= 4 is 39.5 Å². The molecule has 0 bridgehead atoms. The van der Waals surface area contributed by atoms with Crippen LogP contribution in [0.4, 0.5) is 23.7 Å². The van der Waals surface area contributed by atoms with E-state index in [-0.39, 0.29) is 23.6 Å². The van der Waals surface area contributed by atoms with Crippen LogP contribution in [0, 0.1) is 11.8 Å². The second-order valence-corrected chi connectivity index (χ2v) is 14.6. The summed E-state index contributed by atoms with van der Waals surface area (Å²) >= 11 is 1.59. The van der Waals surface area contributed by atoms with Crippen LogP contribution in [0.2, 0.25) is 0 Å². The average Bonchev–Trinajstić information content (AvgIpc) is 2.78. The van der Waals surface area contributed by atoms with Gasteiger partial charge in [-0.15, -0.1) is 11.8 Å². The summed E-state index contributed by atoms with van der Waals surface area (Å²) in [6, 6.07) is 5.83. The van der Waals surface area contributed by atoms with E-state index >= 15 is 0 Å². The van der Waals surface area contributed by atoms with Crippen molar-refractivity contribution in [2.75, 3.05) is 23.3 Å². The van der Waals surface area contributed by atoms with E-state index in [1.165, 1.54) is 12.1 Å². The number of carbonyl (C=O) groups is 2. The van der Waals surface area contributed by atoms with Crippen molar-refractivity contribution in [2.24, 2.45) is 11.8 Å².